The first kappa shape index (κ1) is 73.4. The Kier molecular flexibility index (Phi) is 62.6. The van der Waals surface area contributed by atoms with Crippen molar-refractivity contribution in [1.82, 2.24) is 0 Å². The molecule has 6 heteroatoms. The van der Waals surface area contributed by atoms with E-state index in [4.69, 9.17) is 14.2 Å². The van der Waals surface area contributed by atoms with Crippen LogP contribution in [0, 0.1) is 0 Å². The van der Waals surface area contributed by atoms with Crippen molar-refractivity contribution in [3.05, 3.63) is 48.6 Å². The van der Waals surface area contributed by atoms with Crippen LogP contribution in [0.5, 0.6) is 0 Å². The van der Waals surface area contributed by atoms with Gasteiger partial charge in [0.05, 0.1) is 0 Å². The lowest BCUT2D eigenvalue weighted by atomic mass is 10.0. The van der Waals surface area contributed by atoms with Gasteiger partial charge in [-0.1, -0.05) is 333 Å². The summed E-state index contributed by atoms with van der Waals surface area (Å²) in [6, 6.07) is 0. The maximum atomic E-state index is 12.9. The van der Waals surface area contributed by atoms with E-state index < -0.39 is 6.10 Å². The highest BCUT2D eigenvalue weighted by Crippen LogP contribution is 2.18. The van der Waals surface area contributed by atoms with Crippen molar-refractivity contribution in [2.45, 2.75) is 367 Å². The molecule has 1 atom stereocenters. The van der Waals surface area contributed by atoms with Gasteiger partial charge in [0.25, 0.3) is 0 Å². The molecule has 0 saturated carbocycles. The predicted molar refractivity (Wildman–Crippen MR) is 330 cm³/mol. The average Bonchev–Trinajstić information content (AvgIpc) is 3.42. The van der Waals surface area contributed by atoms with Crippen LogP contribution in [0.3, 0.4) is 0 Å². The summed E-state index contributed by atoms with van der Waals surface area (Å²) in [4.78, 5) is 38.4. The number of carbonyl (C=O) groups excluding carboxylic acids is 3. The highest BCUT2D eigenvalue weighted by atomic mass is 16.6. The molecule has 0 amide bonds. The Morgan fingerprint density at radius 1 is 0.276 bits per heavy atom. The van der Waals surface area contributed by atoms with E-state index in [1.165, 1.54) is 238 Å². The molecule has 0 aliphatic heterocycles. The summed E-state index contributed by atoms with van der Waals surface area (Å²) in [7, 11) is 0. The highest BCUT2D eigenvalue weighted by Gasteiger charge is 2.19. The summed E-state index contributed by atoms with van der Waals surface area (Å²) in [5, 5.41) is 0. The Hall–Kier alpha value is -2.63. The number of rotatable bonds is 62. The van der Waals surface area contributed by atoms with Gasteiger partial charge < -0.3 is 14.2 Å². The minimum absolute atomic E-state index is 0.0684. The molecule has 0 aromatic heterocycles. The fraction of sp³-hybridized carbons (Fsp3) is 0.843. The Morgan fingerprint density at radius 2 is 0.513 bits per heavy atom. The monoisotopic (exact) mass is 1060 g/mol. The van der Waals surface area contributed by atoms with Crippen molar-refractivity contribution in [3.63, 3.8) is 0 Å². The van der Waals surface area contributed by atoms with E-state index >= 15 is 0 Å². The van der Waals surface area contributed by atoms with Crippen LogP contribution in [-0.2, 0) is 28.6 Å². The Bertz CT molecular complexity index is 1310. The van der Waals surface area contributed by atoms with E-state index in [1.807, 2.05) is 0 Å². The molecule has 444 valence electrons. The molecule has 0 aromatic carbocycles. The zero-order valence-electron chi connectivity index (χ0n) is 51.0. The number of hydrogen-bond donors (Lipinski definition) is 0. The maximum Gasteiger partial charge on any atom is 0.306 e. The van der Waals surface area contributed by atoms with Gasteiger partial charge in [0.2, 0.25) is 0 Å². The lowest BCUT2D eigenvalue weighted by Gasteiger charge is -2.18. The van der Waals surface area contributed by atoms with Gasteiger partial charge in [-0.05, 0) is 57.8 Å². The Balaban J connectivity index is 4.29. The quantitative estimate of drug-likeness (QED) is 0.0261. The van der Waals surface area contributed by atoms with Gasteiger partial charge >= 0.3 is 17.9 Å². The Labute approximate surface area is 473 Å². The molecule has 0 rings (SSSR count). The maximum absolute atomic E-state index is 12.9. The van der Waals surface area contributed by atoms with Crippen LogP contribution in [0.25, 0.3) is 0 Å². The van der Waals surface area contributed by atoms with Crippen LogP contribution in [0.4, 0.5) is 0 Å². The number of carbonyl (C=O) groups is 3. The van der Waals surface area contributed by atoms with Crippen LogP contribution >= 0.6 is 0 Å². The predicted octanol–water partition coefficient (Wildman–Crippen LogP) is 22.9. The largest absolute Gasteiger partial charge is 0.462 e. The molecule has 0 bridgehead atoms. The zero-order valence-corrected chi connectivity index (χ0v) is 51.0. The first-order chi connectivity index (χ1) is 37.5. The topological polar surface area (TPSA) is 78.9 Å². The molecule has 0 fully saturated rings. The molecule has 0 saturated heterocycles. The molecule has 1 unspecified atom stereocenters. The standard InChI is InChI=1S/C70H128O6/c1-4-7-10-13-16-19-22-25-28-30-32-34-35-37-38-40-42-45-48-51-54-57-60-63-69(72)75-66-67(65-74-68(71)62-59-56-53-50-47-44-27-24-21-18-15-12-9-6-3)76-70(73)64-61-58-55-52-49-46-43-41-39-36-33-31-29-26-23-20-17-14-11-8-5-2/h7,10,16,19,25,28,32,34,67H,4-6,8-9,11-15,17-18,20-24,26-27,29-31,33,35-66H2,1-3H3/b10-7-,19-16-,28-25-,34-32-. The second kappa shape index (κ2) is 64.9. The second-order valence-corrected chi connectivity index (χ2v) is 22.7. The third-order valence-corrected chi connectivity index (χ3v) is 15.1. The normalized spacial score (nSPS) is 12.3. The van der Waals surface area contributed by atoms with Crippen molar-refractivity contribution < 1.29 is 28.6 Å². The van der Waals surface area contributed by atoms with Crippen molar-refractivity contribution in [3.8, 4) is 0 Å². The number of unbranched alkanes of at least 4 members (excludes halogenated alkanes) is 43. The molecule has 76 heavy (non-hydrogen) atoms. The van der Waals surface area contributed by atoms with Gasteiger partial charge in [0, 0.05) is 19.3 Å². The molecular weight excluding hydrogens is 937 g/mol. The van der Waals surface area contributed by atoms with E-state index in [9.17, 15) is 14.4 Å². The molecule has 0 aromatic rings. The first-order valence-corrected chi connectivity index (χ1v) is 33.6. The lowest BCUT2D eigenvalue weighted by molar-refractivity contribution is -0.167. The summed E-state index contributed by atoms with van der Waals surface area (Å²) in [5.74, 6) is -0.846. The number of esters is 3. The first-order valence-electron chi connectivity index (χ1n) is 33.6. The molecule has 0 aliphatic carbocycles. The molecule has 0 spiro atoms. The molecule has 0 aliphatic rings. The molecule has 0 N–H and O–H groups in total. The van der Waals surface area contributed by atoms with Gasteiger partial charge in [0.1, 0.15) is 13.2 Å². The molecule has 0 radical (unpaired) electrons. The van der Waals surface area contributed by atoms with Crippen molar-refractivity contribution >= 4 is 17.9 Å². The highest BCUT2D eigenvalue weighted by molar-refractivity contribution is 5.71. The SMILES string of the molecule is CC/C=C\C/C=C\C/C=C\C/C=C\CCCCCCCCCCCCC(=O)OCC(COC(=O)CCCCCCCCCCCCCCCC)OC(=O)CCCCCCCCCCCCCCCCCCCCCCC. The van der Waals surface area contributed by atoms with Crippen molar-refractivity contribution in [2.75, 3.05) is 13.2 Å². The van der Waals surface area contributed by atoms with Crippen LogP contribution in [0.15, 0.2) is 48.6 Å². The van der Waals surface area contributed by atoms with Crippen molar-refractivity contribution in [1.29, 1.82) is 0 Å². The summed E-state index contributed by atoms with van der Waals surface area (Å²) in [6.07, 6.45) is 81.2. The fourth-order valence-electron chi connectivity index (χ4n) is 10.1. The smallest absolute Gasteiger partial charge is 0.306 e. The number of ether oxygens (including phenoxy) is 3. The van der Waals surface area contributed by atoms with Gasteiger partial charge in [-0.15, -0.1) is 0 Å². The van der Waals surface area contributed by atoms with Gasteiger partial charge in [-0.25, -0.2) is 0 Å². The minimum Gasteiger partial charge on any atom is -0.462 e. The third kappa shape index (κ3) is 62.2. The molecule has 0 heterocycles. The van der Waals surface area contributed by atoms with E-state index in [-0.39, 0.29) is 31.1 Å². The van der Waals surface area contributed by atoms with E-state index in [0.717, 1.165) is 83.5 Å². The van der Waals surface area contributed by atoms with E-state index in [2.05, 4.69) is 69.4 Å². The van der Waals surface area contributed by atoms with Gasteiger partial charge in [-0.3, -0.25) is 14.4 Å². The van der Waals surface area contributed by atoms with Crippen LogP contribution < -0.4 is 0 Å². The minimum atomic E-state index is -0.772. The summed E-state index contributed by atoms with van der Waals surface area (Å²) >= 11 is 0. The van der Waals surface area contributed by atoms with Crippen LogP contribution in [0.2, 0.25) is 0 Å². The zero-order chi connectivity index (χ0) is 55.0. The van der Waals surface area contributed by atoms with E-state index in [1.54, 1.807) is 0 Å². The summed E-state index contributed by atoms with van der Waals surface area (Å²) < 4.78 is 17.0. The van der Waals surface area contributed by atoms with E-state index in [0.29, 0.717) is 19.3 Å². The molecular formula is C70H128O6. The lowest BCUT2D eigenvalue weighted by Crippen LogP contribution is -2.30. The summed E-state index contributed by atoms with van der Waals surface area (Å²) in [6.45, 7) is 6.59. The summed E-state index contributed by atoms with van der Waals surface area (Å²) in [5.41, 5.74) is 0. The van der Waals surface area contributed by atoms with Gasteiger partial charge in [-0.2, -0.15) is 0 Å². The fourth-order valence-corrected chi connectivity index (χ4v) is 10.1. The second-order valence-electron chi connectivity index (χ2n) is 22.7. The molecule has 6 nitrogen and oxygen atoms in total. The Morgan fingerprint density at radius 3 is 0.803 bits per heavy atom. The van der Waals surface area contributed by atoms with Crippen molar-refractivity contribution in [2.24, 2.45) is 0 Å². The number of allylic oxidation sites excluding steroid dienone is 8. The van der Waals surface area contributed by atoms with Crippen LogP contribution in [0.1, 0.15) is 361 Å². The average molecular weight is 1070 g/mol. The van der Waals surface area contributed by atoms with Crippen LogP contribution in [-0.4, -0.2) is 37.2 Å². The van der Waals surface area contributed by atoms with Gasteiger partial charge in [0.15, 0.2) is 6.10 Å². The third-order valence-electron chi connectivity index (χ3n) is 15.1. The number of hydrogen-bond acceptors (Lipinski definition) is 6.